The van der Waals surface area contributed by atoms with Crippen molar-refractivity contribution >= 4 is 62.3 Å². The molecule has 0 spiro atoms. The van der Waals surface area contributed by atoms with E-state index in [9.17, 15) is 18.0 Å². The highest BCUT2D eigenvalue weighted by Crippen LogP contribution is 2.29. The first-order valence-corrected chi connectivity index (χ1v) is 17.0. The highest BCUT2D eigenvalue weighted by molar-refractivity contribution is 7.92. The fourth-order valence-electron chi connectivity index (χ4n) is 5.29. The van der Waals surface area contributed by atoms with Crippen LogP contribution >= 0.6 is 34.8 Å². The number of carbonyl (C=O) groups excluding carboxylic acids is 2. The van der Waals surface area contributed by atoms with Crippen molar-refractivity contribution in [2.75, 3.05) is 10.8 Å². The van der Waals surface area contributed by atoms with E-state index < -0.39 is 28.5 Å². The van der Waals surface area contributed by atoms with Gasteiger partial charge in [-0.05, 0) is 74.2 Å². The van der Waals surface area contributed by atoms with E-state index in [1.165, 1.54) is 23.1 Å². The number of anilines is 1. The SMILES string of the molecule is CC[C@H](C(=O)NC1CCCCC1)N(Cc1ccc(Cl)cc1Cl)C(=O)CN(c1cccc(Cl)c1)S(=O)(=O)c1ccc(C)cc1. The van der Waals surface area contributed by atoms with Crippen LogP contribution in [0.2, 0.25) is 15.1 Å². The average Bonchev–Trinajstić information content (AvgIpc) is 2.97. The Morgan fingerprint density at radius 1 is 0.930 bits per heavy atom. The van der Waals surface area contributed by atoms with E-state index in [2.05, 4.69) is 5.32 Å². The summed E-state index contributed by atoms with van der Waals surface area (Å²) < 4.78 is 29.0. The highest BCUT2D eigenvalue weighted by atomic mass is 35.5. The molecule has 1 atom stereocenters. The first kappa shape index (κ1) is 33.1. The van der Waals surface area contributed by atoms with Crippen LogP contribution in [-0.2, 0) is 26.2 Å². The van der Waals surface area contributed by atoms with E-state index in [-0.39, 0.29) is 29.1 Å². The zero-order chi connectivity index (χ0) is 31.1. The molecule has 3 aromatic rings. The van der Waals surface area contributed by atoms with Crippen LogP contribution in [0.4, 0.5) is 5.69 Å². The fourth-order valence-corrected chi connectivity index (χ4v) is 7.35. The molecule has 1 aliphatic carbocycles. The molecule has 7 nitrogen and oxygen atoms in total. The second-order valence-corrected chi connectivity index (χ2v) is 14.0. The van der Waals surface area contributed by atoms with Crippen LogP contribution in [0.25, 0.3) is 0 Å². The standard InChI is InChI=1S/C32H36Cl3N3O4S/c1-3-30(32(40)36-26-9-5-4-6-10-26)37(20-23-14-15-25(34)19-29(23)35)31(39)21-38(27-11-7-8-24(33)18-27)43(41,42)28-16-12-22(2)13-17-28/h7-8,11-19,26,30H,3-6,9-10,20-21H2,1-2H3,(H,36,40)/t30-/m1/s1. The normalized spacial score (nSPS) is 14.6. The Bertz CT molecular complexity index is 1540. The second-order valence-electron chi connectivity index (χ2n) is 10.8. The molecule has 0 unspecified atom stereocenters. The number of nitrogens with zero attached hydrogens (tertiary/aromatic N) is 2. The van der Waals surface area contributed by atoms with Crippen molar-refractivity contribution < 1.29 is 18.0 Å². The van der Waals surface area contributed by atoms with Crippen molar-refractivity contribution in [3.05, 3.63) is 92.9 Å². The molecular weight excluding hydrogens is 629 g/mol. The summed E-state index contributed by atoms with van der Waals surface area (Å²) >= 11 is 18.9. The quantitative estimate of drug-likeness (QED) is 0.231. The van der Waals surface area contributed by atoms with Gasteiger partial charge in [0.25, 0.3) is 10.0 Å². The third-order valence-electron chi connectivity index (χ3n) is 7.68. The van der Waals surface area contributed by atoms with Gasteiger partial charge in [0.2, 0.25) is 11.8 Å². The Labute approximate surface area is 269 Å². The Balaban J connectivity index is 1.73. The number of sulfonamides is 1. The predicted molar refractivity (Wildman–Crippen MR) is 173 cm³/mol. The highest BCUT2D eigenvalue weighted by Gasteiger charge is 2.34. The molecule has 0 aromatic heterocycles. The lowest BCUT2D eigenvalue weighted by Gasteiger charge is -2.34. The third-order valence-corrected chi connectivity index (χ3v) is 10.3. The van der Waals surface area contributed by atoms with Crippen molar-refractivity contribution in [2.45, 2.75) is 75.9 Å². The van der Waals surface area contributed by atoms with Gasteiger partial charge in [-0.15, -0.1) is 0 Å². The van der Waals surface area contributed by atoms with E-state index in [1.54, 1.807) is 48.5 Å². The van der Waals surface area contributed by atoms with E-state index in [0.29, 0.717) is 27.1 Å². The zero-order valence-electron chi connectivity index (χ0n) is 24.2. The van der Waals surface area contributed by atoms with Gasteiger partial charge < -0.3 is 10.2 Å². The van der Waals surface area contributed by atoms with E-state index in [1.807, 2.05) is 13.8 Å². The van der Waals surface area contributed by atoms with E-state index in [0.717, 1.165) is 42.0 Å². The van der Waals surface area contributed by atoms with Gasteiger partial charge in [0, 0.05) is 27.7 Å². The molecule has 0 bridgehead atoms. The first-order valence-electron chi connectivity index (χ1n) is 14.4. The molecule has 1 aliphatic rings. The van der Waals surface area contributed by atoms with Crippen LogP contribution in [0.5, 0.6) is 0 Å². The van der Waals surface area contributed by atoms with Crippen molar-refractivity contribution in [3.8, 4) is 0 Å². The molecule has 4 rings (SSSR count). The van der Waals surface area contributed by atoms with E-state index in [4.69, 9.17) is 34.8 Å². The van der Waals surface area contributed by atoms with Crippen molar-refractivity contribution in [1.29, 1.82) is 0 Å². The van der Waals surface area contributed by atoms with Gasteiger partial charge in [0.1, 0.15) is 12.6 Å². The zero-order valence-corrected chi connectivity index (χ0v) is 27.3. The summed E-state index contributed by atoms with van der Waals surface area (Å²) in [7, 11) is -4.20. The molecule has 0 radical (unpaired) electrons. The maximum Gasteiger partial charge on any atom is 0.264 e. The molecule has 1 fully saturated rings. The summed E-state index contributed by atoms with van der Waals surface area (Å²) in [6, 6.07) is 16.8. The molecule has 1 N–H and O–H groups in total. The van der Waals surface area contributed by atoms with Gasteiger partial charge in [0.05, 0.1) is 10.6 Å². The number of benzene rings is 3. The summed E-state index contributed by atoms with van der Waals surface area (Å²) in [4.78, 5) is 29.4. The van der Waals surface area contributed by atoms with Crippen molar-refractivity contribution in [3.63, 3.8) is 0 Å². The predicted octanol–water partition coefficient (Wildman–Crippen LogP) is 7.41. The topological polar surface area (TPSA) is 86.8 Å². The third kappa shape index (κ3) is 8.44. The lowest BCUT2D eigenvalue weighted by Crippen LogP contribution is -2.54. The monoisotopic (exact) mass is 663 g/mol. The Morgan fingerprint density at radius 3 is 2.23 bits per heavy atom. The molecule has 0 saturated heterocycles. The number of aryl methyl sites for hydroxylation is 1. The van der Waals surface area contributed by atoms with Gasteiger partial charge in [-0.3, -0.25) is 13.9 Å². The van der Waals surface area contributed by atoms with Crippen LogP contribution in [0.1, 0.15) is 56.6 Å². The van der Waals surface area contributed by atoms with Gasteiger partial charge in [0.15, 0.2) is 0 Å². The van der Waals surface area contributed by atoms with Crippen molar-refractivity contribution in [2.24, 2.45) is 0 Å². The van der Waals surface area contributed by atoms with Crippen LogP contribution in [0, 0.1) is 6.92 Å². The molecule has 0 aliphatic heterocycles. The van der Waals surface area contributed by atoms with Crippen molar-refractivity contribution in [1.82, 2.24) is 10.2 Å². The van der Waals surface area contributed by atoms with Crippen LogP contribution < -0.4 is 9.62 Å². The molecule has 1 saturated carbocycles. The summed E-state index contributed by atoms with van der Waals surface area (Å²) in [6.07, 6.45) is 5.30. The largest absolute Gasteiger partial charge is 0.352 e. The lowest BCUT2D eigenvalue weighted by molar-refractivity contribution is -0.140. The van der Waals surface area contributed by atoms with Crippen LogP contribution in [-0.4, -0.2) is 43.8 Å². The average molecular weight is 665 g/mol. The Hall–Kier alpha value is -2.78. The van der Waals surface area contributed by atoms with Gasteiger partial charge in [-0.25, -0.2) is 8.42 Å². The van der Waals surface area contributed by atoms with Gasteiger partial charge >= 0.3 is 0 Å². The summed E-state index contributed by atoms with van der Waals surface area (Å²) in [5.41, 5.74) is 1.70. The Morgan fingerprint density at radius 2 is 1.60 bits per heavy atom. The number of halogens is 3. The second kappa shape index (κ2) is 14.8. The molecule has 11 heteroatoms. The number of carbonyl (C=O) groups is 2. The maximum absolute atomic E-state index is 14.3. The van der Waals surface area contributed by atoms with Crippen LogP contribution in [0.3, 0.4) is 0 Å². The number of hydrogen-bond donors (Lipinski definition) is 1. The van der Waals surface area contributed by atoms with E-state index >= 15 is 0 Å². The minimum atomic E-state index is -4.20. The number of nitrogens with one attached hydrogen (secondary N) is 1. The van der Waals surface area contributed by atoms with Crippen LogP contribution in [0.15, 0.2) is 71.6 Å². The fraction of sp³-hybridized carbons (Fsp3) is 0.375. The molecular formula is C32H36Cl3N3O4S. The molecule has 3 aromatic carbocycles. The number of rotatable bonds is 11. The lowest BCUT2D eigenvalue weighted by atomic mass is 9.95. The molecule has 230 valence electrons. The minimum absolute atomic E-state index is 0.0145. The molecule has 2 amide bonds. The summed E-state index contributed by atoms with van der Waals surface area (Å²) in [5, 5.41) is 4.22. The minimum Gasteiger partial charge on any atom is -0.352 e. The van der Waals surface area contributed by atoms with Gasteiger partial charge in [-0.2, -0.15) is 0 Å². The summed E-state index contributed by atoms with van der Waals surface area (Å²) in [6.45, 7) is 3.11. The smallest absolute Gasteiger partial charge is 0.264 e. The number of amides is 2. The first-order chi connectivity index (χ1) is 20.5. The molecule has 43 heavy (non-hydrogen) atoms. The molecule has 0 heterocycles. The Kier molecular flexibility index (Phi) is 11.4. The van der Waals surface area contributed by atoms with Gasteiger partial charge in [-0.1, -0.05) is 90.8 Å². The maximum atomic E-state index is 14.3. The number of hydrogen-bond acceptors (Lipinski definition) is 4. The summed E-state index contributed by atoms with van der Waals surface area (Å²) in [5.74, 6) is -0.837.